The highest BCUT2D eigenvalue weighted by Gasteiger charge is 2.24. The number of nitrogens with zero attached hydrogens (tertiary/aromatic N) is 1. The highest BCUT2D eigenvalue weighted by molar-refractivity contribution is 5.85. The normalized spacial score (nSPS) is 12.5. The fourth-order valence-corrected chi connectivity index (χ4v) is 1.22. The standard InChI is InChI=1S/C12H25NO2/c1-10(2)13(7-6-8-14)9-11(15)12(3,4)5/h10,14H,6-9H2,1-5H3. The fourth-order valence-electron chi connectivity index (χ4n) is 1.22. The SMILES string of the molecule is CC(C)N(CCCO)CC(=O)C(C)(C)C. The van der Waals surface area contributed by atoms with Crippen LogP contribution in [0.25, 0.3) is 0 Å². The molecule has 15 heavy (non-hydrogen) atoms. The predicted octanol–water partition coefficient (Wildman–Crippen LogP) is 1.69. The minimum atomic E-state index is -0.271. The van der Waals surface area contributed by atoms with Crippen molar-refractivity contribution in [2.24, 2.45) is 5.41 Å². The number of hydrogen-bond donors (Lipinski definition) is 1. The van der Waals surface area contributed by atoms with Gasteiger partial charge in [0.05, 0.1) is 6.54 Å². The molecule has 0 unspecified atom stereocenters. The van der Waals surface area contributed by atoms with Gasteiger partial charge in [-0.25, -0.2) is 0 Å². The molecule has 0 radical (unpaired) electrons. The van der Waals surface area contributed by atoms with Gasteiger partial charge in [0.25, 0.3) is 0 Å². The summed E-state index contributed by atoms with van der Waals surface area (Å²) in [5.41, 5.74) is -0.271. The van der Waals surface area contributed by atoms with E-state index >= 15 is 0 Å². The third-order valence-electron chi connectivity index (χ3n) is 2.52. The Morgan fingerprint density at radius 2 is 1.87 bits per heavy atom. The molecule has 3 nitrogen and oxygen atoms in total. The average Bonchev–Trinajstić information content (AvgIpc) is 2.09. The van der Waals surface area contributed by atoms with Crippen LogP contribution in [0.1, 0.15) is 41.0 Å². The summed E-state index contributed by atoms with van der Waals surface area (Å²) in [5, 5.41) is 8.78. The van der Waals surface area contributed by atoms with E-state index in [2.05, 4.69) is 18.7 Å². The van der Waals surface area contributed by atoms with Crippen molar-refractivity contribution in [3.05, 3.63) is 0 Å². The summed E-state index contributed by atoms with van der Waals surface area (Å²) >= 11 is 0. The quantitative estimate of drug-likeness (QED) is 0.733. The lowest BCUT2D eigenvalue weighted by Gasteiger charge is -2.28. The van der Waals surface area contributed by atoms with E-state index in [9.17, 15) is 4.79 Å². The second-order valence-corrected chi connectivity index (χ2v) is 5.31. The summed E-state index contributed by atoms with van der Waals surface area (Å²) in [5.74, 6) is 0.258. The van der Waals surface area contributed by atoms with Crippen LogP contribution in [0, 0.1) is 5.41 Å². The van der Waals surface area contributed by atoms with Crippen molar-refractivity contribution in [2.45, 2.75) is 47.1 Å². The average molecular weight is 215 g/mol. The maximum absolute atomic E-state index is 11.8. The Labute approximate surface area is 93.5 Å². The lowest BCUT2D eigenvalue weighted by Crippen LogP contribution is -2.40. The Morgan fingerprint density at radius 1 is 1.33 bits per heavy atom. The van der Waals surface area contributed by atoms with Crippen molar-refractivity contribution < 1.29 is 9.90 Å². The van der Waals surface area contributed by atoms with Crippen molar-refractivity contribution in [1.29, 1.82) is 0 Å². The van der Waals surface area contributed by atoms with E-state index in [1.807, 2.05) is 20.8 Å². The zero-order chi connectivity index (χ0) is 12.1. The van der Waals surface area contributed by atoms with Gasteiger partial charge in [0.1, 0.15) is 0 Å². The maximum Gasteiger partial charge on any atom is 0.152 e. The first-order valence-electron chi connectivity index (χ1n) is 5.67. The highest BCUT2D eigenvalue weighted by Crippen LogP contribution is 2.16. The van der Waals surface area contributed by atoms with Crippen LogP contribution in [-0.2, 0) is 4.79 Å². The number of rotatable bonds is 6. The number of Topliss-reactive ketones (excluding diaryl/α,β-unsaturated/α-hetero) is 1. The van der Waals surface area contributed by atoms with Gasteiger partial charge in [0.2, 0.25) is 0 Å². The molecule has 1 N–H and O–H groups in total. The van der Waals surface area contributed by atoms with E-state index in [-0.39, 0.29) is 17.8 Å². The first kappa shape index (κ1) is 14.6. The minimum Gasteiger partial charge on any atom is -0.396 e. The van der Waals surface area contributed by atoms with Gasteiger partial charge in [0, 0.05) is 24.6 Å². The van der Waals surface area contributed by atoms with Gasteiger partial charge >= 0.3 is 0 Å². The van der Waals surface area contributed by atoms with Crippen molar-refractivity contribution >= 4 is 5.78 Å². The Morgan fingerprint density at radius 3 is 2.20 bits per heavy atom. The van der Waals surface area contributed by atoms with Gasteiger partial charge in [-0.15, -0.1) is 0 Å². The lowest BCUT2D eigenvalue weighted by molar-refractivity contribution is -0.128. The van der Waals surface area contributed by atoms with Gasteiger partial charge in [-0.1, -0.05) is 20.8 Å². The van der Waals surface area contributed by atoms with Crippen molar-refractivity contribution in [2.75, 3.05) is 19.7 Å². The van der Waals surface area contributed by atoms with E-state index in [1.165, 1.54) is 0 Å². The third kappa shape index (κ3) is 5.90. The van der Waals surface area contributed by atoms with E-state index in [0.717, 1.165) is 13.0 Å². The van der Waals surface area contributed by atoms with Gasteiger partial charge in [-0.3, -0.25) is 9.69 Å². The molecule has 0 aliphatic carbocycles. The summed E-state index contributed by atoms with van der Waals surface area (Å²) in [7, 11) is 0. The van der Waals surface area contributed by atoms with E-state index in [4.69, 9.17) is 5.11 Å². The molecule has 0 bridgehead atoms. The molecule has 0 heterocycles. The molecule has 0 aromatic rings. The summed E-state index contributed by atoms with van der Waals surface area (Å²) in [6.45, 7) is 11.4. The summed E-state index contributed by atoms with van der Waals surface area (Å²) in [4.78, 5) is 14.0. The topological polar surface area (TPSA) is 40.5 Å². The molecule has 0 atom stereocenters. The molecule has 0 saturated carbocycles. The van der Waals surface area contributed by atoms with Crippen molar-refractivity contribution in [3.8, 4) is 0 Å². The van der Waals surface area contributed by atoms with Crippen LogP contribution < -0.4 is 0 Å². The van der Waals surface area contributed by atoms with Crippen LogP contribution in [0.15, 0.2) is 0 Å². The predicted molar refractivity (Wildman–Crippen MR) is 62.9 cm³/mol. The Balaban J connectivity index is 4.23. The van der Waals surface area contributed by atoms with Crippen LogP contribution in [0.3, 0.4) is 0 Å². The van der Waals surface area contributed by atoms with Crippen molar-refractivity contribution in [1.82, 2.24) is 4.90 Å². The molecule has 3 heteroatoms. The van der Waals surface area contributed by atoms with Crippen LogP contribution in [-0.4, -0.2) is 41.5 Å². The van der Waals surface area contributed by atoms with Gasteiger partial charge in [-0.05, 0) is 20.3 Å². The first-order chi connectivity index (χ1) is 6.79. The summed E-state index contributed by atoms with van der Waals surface area (Å²) < 4.78 is 0. The zero-order valence-corrected chi connectivity index (χ0v) is 10.7. The number of aliphatic hydroxyl groups is 1. The molecule has 0 amide bonds. The van der Waals surface area contributed by atoms with E-state index in [1.54, 1.807) is 0 Å². The number of ketones is 1. The monoisotopic (exact) mass is 215 g/mol. The maximum atomic E-state index is 11.8. The molecule has 0 saturated heterocycles. The lowest BCUT2D eigenvalue weighted by atomic mass is 9.90. The number of carbonyl (C=O) groups is 1. The Kier molecular flexibility index (Phi) is 6.06. The molecule has 0 spiro atoms. The van der Waals surface area contributed by atoms with Crippen molar-refractivity contribution in [3.63, 3.8) is 0 Å². The summed E-state index contributed by atoms with van der Waals surface area (Å²) in [6, 6.07) is 0.350. The Hall–Kier alpha value is -0.410. The molecular weight excluding hydrogens is 190 g/mol. The summed E-state index contributed by atoms with van der Waals surface area (Å²) in [6.07, 6.45) is 0.732. The highest BCUT2D eigenvalue weighted by atomic mass is 16.3. The minimum absolute atomic E-state index is 0.187. The molecule has 0 aliphatic heterocycles. The van der Waals surface area contributed by atoms with E-state index < -0.39 is 0 Å². The molecule has 0 aromatic carbocycles. The first-order valence-corrected chi connectivity index (χ1v) is 5.67. The van der Waals surface area contributed by atoms with Gasteiger partial charge in [0.15, 0.2) is 5.78 Å². The number of carbonyl (C=O) groups excluding carboxylic acids is 1. The Bertz CT molecular complexity index is 194. The molecule has 0 rings (SSSR count). The molecular formula is C12H25NO2. The van der Waals surface area contributed by atoms with Gasteiger partial charge < -0.3 is 5.11 Å². The van der Waals surface area contributed by atoms with E-state index in [0.29, 0.717) is 12.6 Å². The molecule has 90 valence electrons. The smallest absolute Gasteiger partial charge is 0.152 e. The second kappa shape index (κ2) is 6.23. The number of aliphatic hydroxyl groups excluding tert-OH is 1. The largest absolute Gasteiger partial charge is 0.396 e. The van der Waals surface area contributed by atoms with Crippen LogP contribution in [0.4, 0.5) is 0 Å². The van der Waals surface area contributed by atoms with Crippen LogP contribution in [0.5, 0.6) is 0 Å². The third-order valence-corrected chi connectivity index (χ3v) is 2.52. The van der Waals surface area contributed by atoms with Gasteiger partial charge in [-0.2, -0.15) is 0 Å². The second-order valence-electron chi connectivity index (χ2n) is 5.31. The fraction of sp³-hybridized carbons (Fsp3) is 0.917. The van der Waals surface area contributed by atoms with Crippen LogP contribution in [0.2, 0.25) is 0 Å². The molecule has 0 aliphatic rings. The number of hydrogen-bond acceptors (Lipinski definition) is 3. The van der Waals surface area contributed by atoms with Crippen LogP contribution >= 0.6 is 0 Å². The molecule has 0 fully saturated rings. The molecule has 0 aromatic heterocycles. The zero-order valence-electron chi connectivity index (χ0n) is 10.7.